The fourth-order valence-electron chi connectivity index (χ4n) is 1.66. The molecule has 0 spiro atoms. The van der Waals surface area contributed by atoms with Gasteiger partial charge in [-0.2, -0.15) is 0 Å². The predicted molar refractivity (Wildman–Crippen MR) is 72.5 cm³/mol. The molecule has 1 unspecified atom stereocenters. The molecule has 98 valence electrons. The molecule has 0 fully saturated rings. The smallest absolute Gasteiger partial charge is 0.337 e. The average molecular weight is 275 g/mol. The van der Waals surface area contributed by atoms with Crippen molar-refractivity contribution in [3.63, 3.8) is 0 Å². The van der Waals surface area contributed by atoms with Crippen LogP contribution in [-0.4, -0.2) is 20.3 Å². The van der Waals surface area contributed by atoms with Crippen LogP contribution in [0.25, 0.3) is 0 Å². The van der Waals surface area contributed by atoms with E-state index in [1.807, 2.05) is 31.2 Å². The van der Waals surface area contributed by atoms with Crippen LogP contribution in [0.3, 0.4) is 0 Å². The molecule has 0 bridgehead atoms. The minimum atomic E-state index is -1.17. The minimum Gasteiger partial charge on any atom is -0.478 e. The molecule has 0 saturated carbocycles. The second-order valence-corrected chi connectivity index (χ2v) is 5.52. The van der Waals surface area contributed by atoms with Gasteiger partial charge < -0.3 is 5.11 Å². The Hall–Kier alpha value is -2.01. The van der Waals surface area contributed by atoms with Crippen LogP contribution in [0.4, 0.5) is 0 Å². The number of carboxylic acids is 1. The monoisotopic (exact) mass is 275 g/mol. The third kappa shape index (κ3) is 3.26. The Balaban J connectivity index is 2.15. The predicted octanol–water partition coefficient (Wildman–Crippen LogP) is 2.40. The van der Waals surface area contributed by atoms with Gasteiger partial charge in [0.05, 0.1) is 27.8 Å². The number of hydrogen-bond acceptors (Lipinski definition) is 3. The first-order valence-corrected chi connectivity index (χ1v) is 7.02. The molecular weight excluding hydrogens is 262 g/mol. The molecule has 0 saturated heterocycles. The van der Waals surface area contributed by atoms with Crippen LogP contribution in [0, 0.1) is 6.92 Å². The van der Waals surface area contributed by atoms with E-state index in [-0.39, 0.29) is 11.3 Å². The average Bonchev–Trinajstić information content (AvgIpc) is 2.39. The van der Waals surface area contributed by atoms with Gasteiger partial charge in [0.1, 0.15) is 0 Å². The molecule has 1 N–H and O–H groups in total. The molecule has 4 nitrogen and oxygen atoms in total. The highest BCUT2D eigenvalue weighted by Crippen LogP contribution is 2.15. The van der Waals surface area contributed by atoms with Gasteiger partial charge in [-0.1, -0.05) is 18.2 Å². The highest BCUT2D eigenvalue weighted by Gasteiger charge is 2.09. The van der Waals surface area contributed by atoms with Gasteiger partial charge in [0, 0.05) is 11.1 Å². The molecule has 1 aromatic heterocycles. The largest absolute Gasteiger partial charge is 0.478 e. The second kappa shape index (κ2) is 5.75. The van der Waals surface area contributed by atoms with Crippen molar-refractivity contribution in [3.8, 4) is 0 Å². The first-order valence-electron chi connectivity index (χ1n) is 5.70. The number of carbonyl (C=O) groups is 1. The first-order chi connectivity index (χ1) is 9.08. The molecule has 2 rings (SSSR count). The summed E-state index contributed by atoms with van der Waals surface area (Å²) < 4.78 is 12.2. The summed E-state index contributed by atoms with van der Waals surface area (Å²) in [6, 6.07) is 10.6. The third-order valence-electron chi connectivity index (χ3n) is 2.69. The number of aromatic nitrogens is 1. The summed E-state index contributed by atoms with van der Waals surface area (Å²) in [6.07, 6.45) is 1.28. The molecule has 1 aromatic carbocycles. The second-order valence-electron chi connectivity index (χ2n) is 4.10. The van der Waals surface area contributed by atoms with Crippen LogP contribution in [-0.2, 0) is 16.6 Å². The maximum atomic E-state index is 12.2. The summed E-state index contributed by atoms with van der Waals surface area (Å²) >= 11 is 0. The quantitative estimate of drug-likeness (QED) is 0.930. The molecule has 1 heterocycles. The Morgan fingerprint density at radius 2 is 2.00 bits per heavy atom. The van der Waals surface area contributed by atoms with Gasteiger partial charge >= 0.3 is 5.97 Å². The zero-order chi connectivity index (χ0) is 13.8. The number of rotatable bonds is 4. The van der Waals surface area contributed by atoms with E-state index in [0.717, 1.165) is 10.5 Å². The number of benzene rings is 1. The van der Waals surface area contributed by atoms with E-state index in [4.69, 9.17) is 5.11 Å². The first kappa shape index (κ1) is 13.4. The molecule has 2 aromatic rings. The third-order valence-corrected chi connectivity index (χ3v) is 4.20. The number of pyridine rings is 1. The molecule has 0 aliphatic heterocycles. The van der Waals surface area contributed by atoms with Crippen molar-refractivity contribution in [2.24, 2.45) is 0 Å². The lowest BCUT2D eigenvalue weighted by Gasteiger charge is -2.05. The van der Waals surface area contributed by atoms with E-state index in [1.54, 1.807) is 6.07 Å². The van der Waals surface area contributed by atoms with Crippen molar-refractivity contribution >= 4 is 16.8 Å². The van der Waals surface area contributed by atoms with E-state index in [1.165, 1.54) is 12.3 Å². The van der Waals surface area contributed by atoms with Gasteiger partial charge in [-0.3, -0.25) is 9.19 Å². The maximum Gasteiger partial charge on any atom is 0.337 e. The van der Waals surface area contributed by atoms with Gasteiger partial charge in [-0.25, -0.2) is 4.79 Å². The van der Waals surface area contributed by atoms with E-state index >= 15 is 0 Å². The molecule has 1 atom stereocenters. The van der Waals surface area contributed by atoms with Gasteiger partial charge in [0.2, 0.25) is 0 Å². The summed E-state index contributed by atoms with van der Waals surface area (Å²) in [5.74, 6) is -0.732. The summed E-state index contributed by atoms with van der Waals surface area (Å²) in [7, 11) is -1.17. The molecular formula is C14H13NO3S. The summed E-state index contributed by atoms with van der Waals surface area (Å²) in [5, 5.41) is 8.77. The minimum absolute atomic E-state index is 0.130. The van der Waals surface area contributed by atoms with Gasteiger partial charge in [0.15, 0.2) is 0 Å². The Kier molecular flexibility index (Phi) is 4.06. The lowest BCUT2D eigenvalue weighted by molar-refractivity contribution is 0.0696. The topological polar surface area (TPSA) is 67.3 Å². The van der Waals surface area contributed by atoms with Crippen LogP contribution in [0.2, 0.25) is 0 Å². The Morgan fingerprint density at radius 1 is 1.26 bits per heavy atom. The molecule has 19 heavy (non-hydrogen) atoms. The van der Waals surface area contributed by atoms with E-state index in [9.17, 15) is 9.00 Å². The van der Waals surface area contributed by atoms with Crippen LogP contribution >= 0.6 is 0 Å². The Bertz CT molecular complexity index is 623. The van der Waals surface area contributed by atoms with Crippen LogP contribution in [0.5, 0.6) is 0 Å². The van der Waals surface area contributed by atoms with Crippen molar-refractivity contribution in [2.75, 3.05) is 0 Å². The molecule has 5 heteroatoms. The van der Waals surface area contributed by atoms with Crippen molar-refractivity contribution in [3.05, 3.63) is 59.4 Å². The van der Waals surface area contributed by atoms with Crippen LogP contribution in [0.15, 0.2) is 47.5 Å². The zero-order valence-electron chi connectivity index (χ0n) is 10.4. The summed E-state index contributed by atoms with van der Waals surface area (Å²) in [6.45, 7) is 1.91. The highest BCUT2D eigenvalue weighted by molar-refractivity contribution is 7.84. The fourth-order valence-corrected chi connectivity index (χ4v) is 2.91. The molecule has 0 radical (unpaired) electrons. The maximum absolute atomic E-state index is 12.2. The van der Waals surface area contributed by atoms with Crippen molar-refractivity contribution in [1.82, 2.24) is 4.98 Å². The molecule has 0 aliphatic carbocycles. The summed E-state index contributed by atoms with van der Waals surface area (Å²) in [4.78, 5) is 15.5. The van der Waals surface area contributed by atoms with Gasteiger partial charge in [-0.05, 0) is 30.7 Å². The fraction of sp³-hybridized carbons (Fsp3) is 0.143. The van der Waals surface area contributed by atoms with E-state index < -0.39 is 16.8 Å². The summed E-state index contributed by atoms with van der Waals surface area (Å²) in [5.41, 5.74) is 1.72. The van der Waals surface area contributed by atoms with E-state index in [0.29, 0.717) is 5.69 Å². The van der Waals surface area contributed by atoms with Crippen molar-refractivity contribution in [1.29, 1.82) is 0 Å². The van der Waals surface area contributed by atoms with Crippen molar-refractivity contribution in [2.45, 2.75) is 17.6 Å². The van der Waals surface area contributed by atoms with Gasteiger partial charge in [0.25, 0.3) is 0 Å². The lowest BCUT2D eigenvalue weighted by atomic mass is 10.2. The van der Waals surface area contributed by atoms with E-state index in [2.05, 4.69) is 4.98 Å². The highest BCUT2D eigenvalue weighted by atomic mass is 32.2. The SMILES string of the molecule is Cc1ccccc1S(=O)Cc1ccc(C(=O)O)cn1. The standard InChI is InChI=1S/C14H13NO3S/c1-10-4-2-3-5-13(10)19(18)9-12-7-6-11(8-15-12)14(16)17/h2-8H,9H2,1H3,(H,16,17). The number of aryl methyl sites for hydroxylation is 1. The van der Waals surface area contributed by atoms with Crippen LogP contribution in [0.1, 0.15) is 21.6 Å². The molecule has 0 amide bonds. The molecule has 0 aliphatic rings. The normalized spacial score (nSPS) is 12.1. The number of carboxylic acid groups (broad SMARTS) is 1. The number of hydrogen-bond donors (Lipinski definition) is 1. The van der Waals surface area contributed by atoms with Gasteiger partial charge in [-0.15, -0.1) is 0 Å². The Morgan fingerprint density at radius 3 is 2.58 bits per heavy atom. The van der Waals surface area contributed by atoms with Crippen LogP contribution < -0.4 is 0 Å². The van der Waals surface area contributed by atoms with Crippen molar-refractivity contribution < 1.29 is 14.1 Å². The lowest BCUT2D eigenvalue weighted by Crippen LogP contribution is -2.02. The Labute approximate surface area is 113 Å². The number of nitrogens with zero attached hydrogens (tertiary/aromatic N) is 1. The zero-order valence-corrected chi connectivity index (χ0v) is 11.2. The number of aromatic carboxylic acids is 1.